The van der Waals surface area contributed by atoms with Crippen LogP contribution in [0.1, 0.15) is 21.6 Å². The first-order valence-corrected chi connectivity index (χ1v) is 7.12. The lowest BCUT2D eigenvalue weighted by molar-refractivity contribution is 0.0696. The van der Waals surface area contributed by atoms with Crippen LogP contribution in [0.25, 0.3) is 0 Å². The quantitative estimate of drug-likeness (QED) is 0.856. The lowest BCUT2D eigenvalue weighted by Gasteiger charge is -2.10. The predicted molar refractivity (Wildman–Crippen MR) is 68.7 cm³/mol. The summed E-state index contributed by atoms with van der Waals surface area (Å²) in [7, 11) is -3.82. The zero-order valence-electron chi connectivity index (χ0n) is 10.5. The second-order valence-electron chi connectivity index (χ2n) is 4.05. The van der Waals surface area contributed by atoms with Crippen LogP contribution in [0.3, 0.4) is 0 Å². The summed E-state index contributed by atoms with van der Waals surface area (Å²) in [6, 6.07) is 5.63. The van der Waals surface area contributed by atoms with Gasteiger partial charge >= 0.3 is 5.97 Å². The lowest BCUT2D eigenvalue weighted by Crippen LogP contribution is -2.24. The van der Waals surface area contributed by atoms with Crippen LogP contribution >= 0.6 is 0 Å². The molecule has 8 heteroatoms. The summed E-state index contributed by atoms with van der Waals surface area (Å²) in [6.07, 6.45) is 1.33. The smallest absolute Gasteiger partial charge is 0.335 e. The number of nitrogens with zero attached hydrogens (tertiary/aromatic N) is 1. The fourth-order valence-corrected chi connectivity index (χ4v) is 2.98. The van der Waals surface area contributed by atoms with Gasteiger partial charge in [-0.25, -0.2) is 17.9 Å². The molecular weight excluding hydrogens is 284 g/mol. The standard InChI is InChI=1S/C12H12N2O5S/c1-8-10(12(15)16)3-2-4-11(8)20(17,18)13-7-9-5-6-19-14-9/h2-6,13H,7H2,1H3,(H,15,16). The van der Waals surface area contributed by atoms with Crippen LogP contribution in [-0.2, 0) is 16.6 Å². The Labute approximate surface area is 115 Å². The summed E-state index contributed by atoms with van der Waals surface area (Å²) < 4.78 is 31.3. The van der Waals surface area contributed by atoms with Crippen molar-refractivity contribution in [3.63, 3.8) is 0 Å². The van der Waals surface area contributed by atoms with E-state index in [4.69, 9.17) is 5.11 Å². The van der Waals surface area contributed by atoms with Crippen LogP contribution in [0.4, 0.5) is 0 Å². The van der Waals surface area contributed by atoms with Crippen molar-refractivity contribution in [1.82, 2.24) is 9.88 Å². The first kappa shape index (κ1) is 14.2. The normalized spacial score (nSPS) is 11.4. The third-order valence-electron chi connectivity index (χ3n) is 2.74. The number of nitrogens with one attached hydrogen (secondary N) is 1. The highest BCUT2D eigenvalue weighted by atomic mass is 32.2. The van der Waals surface area contributed by atoms with Gasteiger partial charge in [0.1, 0.15) is 6.26 Å². The van der Waals surface area contributed by atoms with E-state index in [9.17, 15) is 13.2 Å². The van der Waals surface area contributed by atoms with Gasteiger partial charge in [0.2, 0.25) is 10.0 Å². The Balaban J connectivity index is 2.30. The Morgan fingerprint density at radius 2 is 2.15 bits per heavy atom. The van der Waals surface area contributed by atoms with Gasteiger partial charge in [0.15, 0.2) is 0 Å². The Bertz CT molecular complexity index is 722. The summed E-state index contributed by atoms with van der Waals surface area (Å²) in [6.45, 7) is 1.42. The molecule has 2 N–H and O–H groups in total. The monoisotopic (exact) mass is 296 g/mol. The van der Waals surface area contributed by atoms with E-state index in [0.29, 0.717) is 5.69 Å². The summed E-state index contributed by atoms with van der Waals surface area (Å²) in [4.78, 5) is 10.9. The average molecular weight is 296 g/mol. The number of aromatic nitrogens is 1. The van der Waals surface area contributed by atoms with Crippen LogP contribution in [-0.4, -0.2) is 24.7 Å². The van der Waals surface area contributed by atoms with Crippen molar-refractivity contribution in [3.8, 4) is 0 Å². The number of aromatic carboxylic acids is 1. The van der Waals surface area contributed by atoms with E-state index in [2.05, 4.69) is 14.4 Å². The first-order valence-electron chi connectivity index (χ1n) is 5.63. The minimum atomic E-state index is -3.82. The van der Waals surface area contributed by atoms with Crippen molar-refractivity contribution in [2.75, 3.05) is 0 Å². The van der Waals surface area contributed by atoms with Crippen LogP contribution < -0.4 is 4.72 Å². The van der Waals surface area contributed by atoms with Gasteiger partial charge in [0, 0.05) is 6.07 Å². The maximum absolute atomic E-state index is 12.2. The van der Waals surface area contributed by atoms with Crippen molar-refractivity contribution in [3.05, 3.63) is 47.3 Å². The van der Waals surface area contributed by atoms with Crippen LogP contribution in [0.2, 0.25) is 0 Å². The topological polar surface area (TPSA) is 110 Å². The third-order valence-corrected chi connectivity index (χ3v) is 4.28. The molecule has 106 valence electrons. The van der Waals surface area contributed by atoms with Crippen molar-refractivity contribution < 1.29 is 22.8 Å². The van der Waals surface area contributed by atoms with Gasteiger partial charge in [-0.05, 0) is 24.6 Å². The van der Waals surface area contributed by atoms with Gasteiger partial charge < -0.3 is 9.63 Å². The van der Waals surface area contributed by atoms with Gasteiger partial charge in [0.05, 0.1) is 22.7 Å². The molecule has 1 heterocycles. The zero-order chi connectivity index (χ0) is 14.8. The fraction of sp³-hybridized carbons (Fsp3) is 0.167. The lowest BCUT2D eigenvalue weighted by atomic mass is 10.1. The molecule has 1 aromatic carbocycles. The van der Waals surface area contributed by atoms with Gasteiger partial charge in [-0.15, -0.1) is 0 Å². The van der Waals surface area contributed by atoms with Crippen molar-refractivity contribution in [2.24, 2.45) is 0 Å². The molecule has 0 fully saturated rings. The maximum atomic E-state index is 12.2. The van der Waals surface area contributed by atoms with E-state index in [1.807, 2.05) is 0 Å². The van der Waals surface area contributed by atoms with Gasteiger partial charge in [0.25, 0.3) is 0 Å². The van der Waals surface area contributed by atoms with Gasteiger partial charge in [-0.1, -0.05) is 11.2 Å². The fourth-order valence-electron chi connectivity index (χ4n) is 1.71. The van der Waals surface area contributed by atoms with Crippen molar-refractivity contribution >= 4 is 16.0 Å². The Kier molecular flexibility index (Phi) is 3.86. The number of hydrogen-bond acceptors (Lipinski definition) is 5. The second-order valence-corrected chi connectivity index (χ2v) is 5.78. The van der Waals surface area contributed by atoms with E-state index in [-0.39, 0.29) is 22.6 Å². The third kappa shape index (κ3) is 2.86. The predicted octanol–water partition coefficient (Wildman–Crippen LogP) is 1.16. The highest BCUT2D eigenvalue weighted by Crippen LogP contribution is 2.19. The minimum absolute atomic E-state index is 0.0322. The molecule has 2 aromatic rings. The summed E-state index contributed by atoms with van der Waals surface area (Å²) in [5.41, 5.74) is 0.572. The molecule has 0 unspecified atom stereocenters. The Morgan fingerprint density at radius 1 is 1.40 bits per heavy atom. The van der Waals surface area contributed by atoms with E-state index in [0.717, 1.165) is 0 Å². The SMILES string of the molecule is Cc1c(C(=O)O)cccc1S(=O)(=O)NCc1ccon1. The number of carboxylic acids is 1. The van der Waals surface area contributed by atoms with Gasteiger partial charge in [-0.2, -0.15) is 0 Å². The molecule has 20 heavy (non-hydrogen) atoms. The summed E-state index contributed by atoms with van der Waals surface area (Å²) in [5.74, 6) is -1.17. The Hall–Kier alpha value is -2.19. The number of sulfonamides is 1. The molecule has 0 spiro atoms. The molecule has 0 aliphatic carbocycles. The first-order chi connectivity index (χ1) is 9.42. The minimum Gasteiger partial charge on any atom is -0.478 e. The molecule has 0 aliphatic rings. The maximum Gasteiger partial charge on any atom is 0.335 e. The molecule has 0 atom stereocenters. The molecule has 1 aromatic heterocycles. The molecule has 7 nitrogen and oxygen atoms in total. The number of hydrogen-bond donors (Lipinski definition) is 2. The molecule has 0 saturated heterocycles. The number of rotatable bonds is 5. The number of carbonyl (C=O) groups is 1. The van der Waals surface area contributed by atoms with Crippen LogP contribution in [0.5, 0.6) is 0 Å². The van der Waals surface area contributed by atoms with E-state index >= 15 is 0 Å². The second kappa shape index (κ2) is 5.43. The van der Waals surface area contributed by atoms with Crippen molar-refractivity contribution in [1.29, 1.82) is 0 Å². The van der Waals surface area contributed by atoms with E-state index < -0.39 is 16.0 Å². The largest absolute Gasteiger partial charge is 0.478 e. The van der Waals surface area contributed by atoms with E-state index in [1.54, 1.807) is 0 Å². The Morgan fingerprint density at radius 3 is 2.75 bits per heavy atom. The highest BCUT2D eigenvalue weighted by molar-refractivity contribution is 7.89. The highest BCUT2D eigenvalue weighted by Gasteiger charge is 2.20. The zero-order valence-corrected chi connectivity index (χ0v) is 11.3. The van der Waals surface area contributed by atoms with Gasteiger partial charge in [-0.3, -0.25) is 0 Å². The summed E-state index contributed by atoms with van der Waals surface area (Å²) >= 11 is 0. The molecule has 0 radical (unpaired) electrons. The number of benzene rings is 1. The average Bonchev–Trinajstić information content (AvgIpc) is 2.89. The van der Waals surface area contributed by atoms with E-state index in [1.165, 1.54) is 37.5 Å². The van der Waals surface area contributed by atoms with Crippen LogP contribution in [0.15, 0.2) is 39.9 Å². The molecule has 0 saturated carbocycles. The molecule has 0 aliphatic heterocycles. The molecule has 0 amide bonds. The molecule has 0 bridgehead atoms. The summed E-state index contributed by atoms with van der Waals surface area (Å²) in [5, 5.41) is 12.6. The van der Waals surface area contributed by atoms with Crippen LogP contribution in [0, 0.1) is 6.92 Å². The molecular formula is C12H12N2O5S. The van der Waals surface area contributed by atoms with Crippen molar-refractivity contribution in [2.45, 2.75) is 18.4 Å². The number of carboxylic acid groups (broad SMARTS) is 1. The molecule has 2 rings (SSSR count).